The van der Waals surface area contributed by atoms with Crippen molar-refractivity contribution >= 4 is 28.4 Å². The number of halogens is 1. The Balaban J connectivity index is 2.06. The van der Waals surface area contributed by atoms with Crippen LogP contribution in [0.15, 0.2) is 53.4 Å². The lowest BCUT2D eigenvalue weighted by molar-refractivity contribution is -0.123. The Kier molecular flexibility index (Phi) is 6.41. The molecular formula is C18H18FNO4S. The Morgan fingerprint density at radius 1 is 1.16 bits per heavy atom. The van der Waals surface area contributed by atoms with Gasteiger partial charge in [0.15, 0.2) is 6.10 Å². The van der Waals surface area contributed by atoms with Gasteiger partial charge in [-0.15, -0.1) is 0 Å². The van der Waals surface area contributed by atoms with Gasteiger partial charge < -0.3 is 10.1 Å². The number of carbonyl (C=O) groups excluding carboxylic acids is 2. The van der Waals surface area contributed by atoms with Crippen molar-refractivity contribution in [1.29, 1.82) is 0 Å². The SMILES string of the molecule is CC[S@](=O)c1ccccc1C(=O)O[C@H](C)C(=O)Nc1ccc(F)cc1. The first-order valence-corrected chi connectivity index (χ1v) is 8.99. The predicted octanol–water partition coefficient (Wildman–Crippen LogP) is 3.14. The molecule has 7 heteroatoms. The summed E-state index contributed by atoms with van der Waals surface area (Å²) >= 11 is 0. The van der Waals surface area contributed by atoms with Crippen molar-refractivity contribution in [2.24, 2.45) is 0 Å². The van der Waals surface area contributed by atoms with Crippen LogP contribution in [0.3, 0.4) is 0 Å². The van der Waals surface area contributed by atoms with Crippen molar-refractivity contribution in [3.8, 4) is 0 Å². The number of ether oxygens (including phenoxy) is 1. The summed E-state index contributed by atoms with van der Waals surface area (Å²) in [6.45, 7) is 3.17. The third kappa shape index (κ3) is 4.96. The monoisotopic (exact) mass is 363 g/mol. The largest absolute Gasteiger partial charge is 0.449 e. The lowest BCUT2D eigenvalue weighted by atomic mass is 10.2. The minimum atomic E-state index is -1.32. The number of hydrogen-bond donors (Lipinski definition) is 1. The second-order valence-electron chi connectivity index (χ2n) is 5.17. The molecule has 5 nitrogen and oxygen atoms in total. The minimum absolute atomic E-state index is 0.170. The molecule has 0 aliphatic carbocycles. The van der Waals surface area contributed by atoms with Gasteiger partial charge in [-0.1, -0.05) is 19.1 Å². The molecule has 0 aromatic heterocycles. The van der Waals surface area contributed by atoms with Crippen LogP contribution in [0.2, 0.25) is 0 Å². The van der Waals surface area contributed by atoms with Gasteiger partial charge in [-0.05, 0) is 43.3 Å². The highest BCUT2D eigenvalue weighted by Crippen LogP contribution is 2.16. The Morgan fingerprint density at radius 2 is 1.80 bits per heavy atom. The molecule has 0 saturated heterocycles. The normalized spacial score (nSPS) is 12.9. The van der Waals surface area contributed by atoms with Crippen LogP contribution in [-0.2, 0) is 20.3 Å². The van der Waals surface area contributed by atoms with Gasteiger partial charge in [-0.25, -0.2) is 9.18 Å². The van der Waals surface area contributed by atoms with E-state index in [4.69, 9.17) is 4.74 Å². The zero-order valence-corrected chi connectivity index (χ0v) is 14.6. The van der Waals surface area contributed by atoms with E-state index in [1.54, 1.807) is 25.1 Å². The first-order valence-electron chi connectivity index (χ1n) is 7.67. The highest BCUT2D eigenvalue weighted by molar-refractivity contribution is 7.85. The smallest absolute Gasteiger partial charge is 0.340 e. The van der Waals surface area contributed by atoms with E-state index in [2.05, 4.69) is 5.32 Å². The Bertz CT molecular complexity index is 792. The average Bonchev–Trinajstić information content (AvgIpc) is 2.62. The number of hydrogen-bond acceptors (Lipinski definition) is 4. The molecule has 1 amide bonds. The highest BCUT2D eigenvalue weighted by Gasteiger charge is 2.22. The zero-order chi connectivity index (χ0) is 18.4. The maximum atomic E-state index is 12.9. The van der Waals surface area contributed by atoms with E-state index in [1.165, 1.54) is 37.3 Å². The van der Waals surface area contributed by atoms with Crippen molar-refractivity contribution in [3.05, 3.63) is 59.9 Å². The third-order valence-electron chi connectivity index (χ3n) is 3.38. The summed E-state index contributed by atoms with van der Waals surface area (Å²) in [5.74, 6) is -1.32. The number of amides is 1. The van der Waals surface area contributed by atoms with Gasteiger partial charge in [-0.3, -0.25) is 9.00 Å². The van der Waals surface area contributed by atoms with E-state index in [0.717, 1.165) is 0 Å². The maximum absolute atomic E-state index is 12.9. The number of nitrogens with one attached hydrogen (secondary N) is 1. The van der Waals surface area contributed by atoms with Gasteiger partial charge in [0.1, 0.15) is 5.82 Å². The van der Waals surface area contributed by atoms with Gasteiger partial charge in [0.05, 0.1) is 21.3 Å². The number of benzene rings is 2. The van der Waals surface area contributed by atoms with E-state index in [-0.39, 0.29) is 5.56 Å². The first-order chi connectivity index (χ1) is 11.9. The molecule has 0 aliphatic heterocycles. The molecule has 0 radical (unpaired) electrons. The van der Waals surface area contributed by atoms with Crippen molar-refractivity contribution in [1.82, 2.24) is 0 Å². The molecule has 0 bridgehead atoms. The maximum Gasteiger partial charge on any atom is 0.340 e. The predicted molar refractivity (Wildman–Crippen MR) is 93.3 cm³/mol. The molecule has 1 N–H and O–H groups in total. The van der Waals surface area contributed by atoms with E-state index in [0.29, 0.717) is 16.3 Å². The molecule has 2 aromatic rings. The van der Waals surface area contributed by atoms with E-state index >= 15 is 0 Å². The van der Waals surface area contributed by atoms with Gasteiger partial charge in [0, 0.05) is 11.4 Å². The fraction of sp³-hybridized carbons (Fsp3) is 0.222. The average molecular weight is 363 g/mol. The summed E-state index contributed by atoms with van der Waals surface area (Å²) in [7, 11) is -1.32. The molecule has 0 spiro atoms. The number of rotatable bonds is 6. The molecule has 2 atom stereocenters. The van der Waals surface area contributed by atoms with Crippen LogP contribution in [0.4, 0.5) is 10.1 Å². The molecule has 0 unspecified atom stereocenters. The second-order valence-corrected chi connectivity index (χ2v) is 6.88. The van der Waals surface area contributed by atoms with Gasteiger partial charge in [-0.2, -0.15) is 0 Å². The van der Waals surface area contributed by atoms with Crippen LogP contribution in [0.25, 0.3) is 0 Å². The Hall–Kier alpha value is -2.54. The molecule has 25 heavy (non-hydrogen) atoms. The Labute approximate surface area is 147 Å². The molecule has 0 saturated carbocycles. The lowest BCUT2D eigenvalue weighted by Gasteiger charge is -2.15. The van der Waals surface area contributed by atoms with Crippen LogP contribution in [0.1, 0.15) is 24.2 Å². The standard InChI is InChI=1S/C18H18FNO4S/c1-3-25(23)16-7-5-4-6-15(16)18(22)24-12(2)17(21)20-14-10-8-13(19)9-11-14/h4-12H,3H2,1-2H3,(H,20,21)/t12-,25+/m1/s1. The molecule has 132 valence electrons. The summed E-state index contributed by atoms with van der Waals surface area (Å²) in [6, 6.07) is 11.7. The fourth-order valence-electron chi connectivity index (χ4n) is 2.04. The van der Waals surface area contributed by atoms with Crippen LogP contribution in [-0.4, -0.2) is 27.9 Å². The van der Waals surface area contributed by atoms with Crippen LogP contribution in [0.5, 0.6) is 0 Å². The zero-order valence-electron chi connectivity index (χ0n) is 13.8. The molecule has 0 fully saturated rings. The minimum Gasteiger partial charge on any atom is -0.449 e. The fourth-order valence-corrected chi connectivity index (χ4v) is 2.98. The van der Waals surface area contributed by atoms with Crippen LogP contribution < -0.4 is 5.32 Å². The summed E-state index contributed by atoms with van der Waals surface area (Å²) in [4.78, 5) is 24.8. The number of esters is 1. The molecule has 2 aromatic carbocycles. The Morgan fingerprint density at radius 3 is 2.44 bits per heavy atom. The molecule has 0 heterocycles. The van der Waals surface area contributed by atoms with Gasteiger partial charge in [0.25, 0.3) is 5.91 Å². The number of carbonyl (C=O) groups is 2. The second kappa shape index (κ2) is 8.53. The lowest BCUT2D eigenvalue weighted by Crippen LogP contribution is -2.30. The van der Waals surface area contributed by atoms with E-state index in [1.807, 2.05) is 0 Å². The first kappa shape index (κ1) is 18.8. The number of anilines is 1. The van der Waals surface area contributed by atoms with Gasteiger partial charge >= 0.3 is 5.97 Å². The molecular weight excluding hydrogens is 345 g/mol. The van der Waals surface area contributed by atoms with E-state index in [9.17, 15) is 18.2 Å². The van der Waals surface area contributed by atoms with Crippen molar-refractivity contribution < 1.29 is 22.9 Å². The van der Waals surface area contributed by atoms with Crippen molar-refractivity contribution in [3.63, 3.8) is 0 Å². The van der Waals surface area contributed by atoms with Gasteiger partial charge in [0.2, 0.25) is 0 Å². The third-order valence-corrected chi connectivity index (χ3v) is 4.75. The molecule has 2 rings (SSSR count). The summed E-state index contributed by atoms with van der Waals surface area (Å²) < 4.78 is 30.1. The van der Waals surface area contributed by atoms with Crippen LogP contribution >= 0.6 is 0 Å². The molecule has 0 aliphatic rings. The van der Waals surface area contributed by atoms with E-state index < -0.39 is 34.6 Å². The highest BCUT2D eigenvalue weighted by atomic mass is 32.2. The van der Waals surface area contributed by atoms with Crippen molar-refractivity contribution in [2.45, 2.75) is 24.8 Å². The topological polar surface area (TPSA) is 72.5 Å². The summed E-state index contributed by atoms with van der Waals surface area (Å²) in [5, 5.41) is 2.53. The van der Waals surface area contributed by atoms with Crippen LogP contribution in [0, 0.1) is 5.82 Å². The summed E-state index contributed by atoms with van der Waals surface area (Å²) in [5.41, 5.74) is 0.561. The van der Waals surface area contributed by atoms with Crippen molar-refractivity contribution in [2.75, 3.05) is 11.1 Å². The summed E-state index contributed by atoms with van der Waals surface area (Å²) in [6.07, 6.45) is -1.07. The quantitative estimate of drug-likeness (QED) is 0.801.